The van der Waals surface area contributed by atoms with Gasteiger partial charge in [-0.05, 0) is 47.5 Å². The minimum Gasteiger partial charge on any atom is -0.466 e. The van der Waals surface area contributed by atoms with Crippen LogP contribution in [0.4, 0.5) is 5.69 Å². The lowest BCUT2D eigenvalue weighted by Gasteiger charge is -2.31. The fourth-order valence-corrected chi connectivity index (χ4v) is 3.05. The summed E-state index contributed by atoms with van der Waals surface area (Å²) >= 11 is 0. The SMILES string of the molecule is CCOC(=O)CCCCC(C(C)=O)(C(=O)OC(C)(C)C)C(=O)c1cccc([N+](=O)[O-])c1. The molecule has 170 valence electrons. The Balaban J connectivity index is 3.32. The Kier molecular flexibility index (Phi) is 9.02. The molecule has 0 aliphatic rings. The third kappa shape index (κ3) is 6.97. The fourth-order valence-electron chi connectivity index (χ4n) is 3.05. The molecular weight excluding hydrogens is 406 g/mol. The van der Waals surface area contributed by atoms with Crippen molar-refractivity contribution in [3.05, 3.63) is 39.9 Å². The van der Waals surface area contributed by atoms with Crippen LogP contribution in [0.5, 0.6) is 0 Å². The van der Waals surface area contributed by atoms with Gasteiger partial charge < -0.3 is 9.47 Å². The fraction of sp³-hybridized carbons (Fsp3) is 0.545. The van der Waals surface area contributed by atoms with Crippen LogP contribution in [-0.4, -0.2) is 40.6 Å². The summed E-state index contributed by atoms with van der Waals surface area (Å²) in [6, 6.07) is 4.87. The molecule has 1 aromatic rings. The molecule has 0 spiro atoms. The first-order valence-electron chi connectivity index (χ1n) is 10.0. The lowest BCUT2D eigenvalue weighted by molar-refractivity contribution is -0.384. The number of non-ortho nitro benzene ring substituents is 1. The van der Waals surface area contributed by atoms with Crippen molar-refractivity contribution in [2.45, 2.75) is 65.9 Å². The number of Topliss-reactive ketones (excluding diaryl/α,β-unsaturated/α-hetero) is 2. The Morgan fingerprint density at radius 3 is 2.26 bits per heavy atom. The standard InChI is InChI=1S/C22H29NO8/c1-6-30-18(25)12-7-8-13-22(15(2)24,20(27)31-21(3,4)5)19(26)16-10-9-11-17(14-16)23(28)29/h9-11,14H,6-8,12-13H2,1-5H3. The smallest absolute Gasteiger partial charge is 0.328 e. The molecule has 9 heteroatoms. The molecule has 1 unspecified atom stereocenters. The second-order valence-corrected chi connectivity index (χ2v) is 8.11. The zero-order valence-corrected chi connectivity index (χ0v) is 18.6. The zero-order valence-electron chi connectivity index (χ0n) is 18.6. The monoisotopic (exact) mass is 435 g/mol. The first-order valence-corrected chi connectivity index (χ1v) is 10.0. The molecule has 0 aliphatic carbocycles. The summed E-state index contributed by atoms with van der Waals surface area (Å²) in [5.41, 5.74) is -3.61. The molecule has 1 rings (SSSR count). The first-order chi connectivity index (χ1) is 14.3. The summed E-state index contributed by atoms with van der Waals surface area (Å²) in [5.74, 6) is -3.03. The van der Waals surface area contributed by atoms with Crippen LogP contribution in [0.1, 0.15) is 70.7 Å². The van der Waals surface area contributed by atoms with Crippen molar-refractivity contribution >= 4 is 29.2 Å². The third-order valence-corrected chi connectivity index (χ3v) is 4.54. The largest absolute Gasteiger partial charge is 0.466 e. The minimum absolute atomic E-state index is 0.0706. The number of ketones is 2. The predicted molar refractivity (Wildman–Crippen MR) is 111 cm³/mol. The molecule has 0 aliphatic heterocycles. The number of nitro benzene ring substituents is 1. The second-order valence-electron chi connectivity index (χ2n) is 8.11. The number of hydrogen-bond acceptors (Lipinski definition) is 8. The van der Waals surface area contributed by atoms with Crippen LogP contribution in [0.25, 0.3) is 0 Å². The van der Waals surface area contributed by atoms with Gasteiger partial charge in [0.05, 0.1) is 11.5 Å². The van der Waals surface area contributed by atoms with Gasteiger partial charge in [0.15, 0.2) is 17.0 Å². The number of nitrogens with zero attached hydrogens (tertiary/aromatic N) is 1. The third-order valence-electron chi connectivity index (χ3n) is 4.54. The van der Waals surface area contributed by atoms with Crippen LogP contribution in [0.3, 0.4) is 0 Å². The number of unbranched alkanes of at least 4 members (excludes halogenated alkanes) is 1. The van der Waals surface area contributed by atoms with Crippen LogP contribution in [-0.2, 0) is 23.9 Å². The summed E-state index contributed by atoms with van der Waals surface area (Å²) in [6.07, 6.45) is 0.358. The number of ether oxygens (including phenoxy) is 2. The van der Waals surface area contributed by atoms with E-state index in [1.54, 1.807) is 27.7 Å². The van der Waals surface area contributed by atoms with Crippen LogP contribution in [0, 0.1) is 15.5 Å². The van der Waals surface area contributed by atoms with Gasteiger partial charge in [0.1, 0.15) is 5.60 Å². The Labute approximate surface area is 181 Å². The van der Waals surface area contributed by atoms with Crippen LogP contribution < -0.4 is 0 Å². The average Bonchev–Trinajstić information content (AvgIpc) is 2.66. The predicted octanol–water partition coefficient (Wildman–Crippen LogP) is 3.82. The first kappa shape index (κ1) is 25.9. The Morgan fingerprint density at radius 1 is 1.10 bits per heavy atom. The van der Waals surface area contributed by atoms with E-state index in [1.165, 1.54) is 18.2 Å². The van der Waals surface area contributed by atoms with Crippen LogP contribution in [0.15, 0.2) is 24.3 Å². The number of nitro groups is 1. The Bertz CT molecular complexity index is 855. The van der Waals surface area contributed by atoms with E-state index in [2.05, 4.69) is 0 Å². The highest BCUT2D eigenvalue weighted by Crippen LogP contribution is 2.35. The minimum atomic E-state index is -2.17. The molecule has 0 saturated carbocycles. The van der Waals surface area contributed by atoms with Gasteiger partial charge in [0.25, 0.3) is 5.69 Å². The number of benzene rings is 1. The molecule has 9 nitrogen and oxygen atoms in total. The summed E-state index contributed by atoms with van der Waals surface area (Å²) in [7, 11) is 0. The molecule has 0 fully saturated rings. The number of rotatable bonds is 11. The molecule has 0 N–H and O–H groups in total. The van der Waals surface area contributed by atoms with E-state index in [0.29, 0.717) is 6.42 Å². The van der Waals surface area contributed by atoms with E-state index in [1.807, 2.05) is 0 Å². The van der Waals surface area contributed by atoms with Crippen LogP contribution >= 0.6 is 0 Å². The van der Waals surface area contributed by atoms with E-state index >= 15 is 0 Å². The van der Waals surface area contributed by atoms with Crippen molar-refractivity contribution in [3.8, 4) is 0 Å². The van der Waals surface area contributed by atoms with Crippen molar-refractivity contribution < 1.29 is 33.6 Å². The van der Waals surface area contributed by atoms with Gasteiger partial charge in [0, 0.05) is 24.1 Å². The molecular formula is C22H29NO8. The summed E-state index contributed by atoms with van der Waals surface area (Å²) in [6.45, 7) is 7.85. The quantitative estimate of drug-likeness (QED) is 0.128. The summed E-state index contributed by atoms with van der Waals surface area (Å²) in [5, 5.41) is 11.1. The van der Waals surface area contributed by atoms with Gasteiger partial charge >= 0.3 is 11.9 Å². The maximum absolute atomic E-state index is 13.4. The zero-order chi connectivity index (χ0) is 23.8. The maximum Gasteiger partial charge on any atom is 0.328 e. The lowest BCUT2D eigenvalue weighted by atomic mass is 9.73. The van der Waals surface area contributed by atoms with Gasteiger partial charge in [-0.15, -0.1) is 0 Å². The molecule has 0 radical (unpaired) electrons. The molecule has 31 heavy (non-hydrogen) atoms. The van der Waals surface area contributed by atoms with Crippen molar-refractivity contribution in [2.24, 2.45) is 5.41 Å². The van der Waals surface area contributed by atoms with E-state index < -0.39 is 39.4 Å². The highest BCUT2D eigenvalue weighted by atomic mass is 16.6. The molecule has 0 amide bonds. The topological polar surface area (TPSA) is 130 Å². The molecule has 0 saturated heterocycles. The number of hydrogen-bond donors (Lipinski definition) is 0. The number of carbonyl (C=O) groups excluding carboxylic acids is 4. The number of carbonyl (C=O) groups is 4. The van der Waals surface area contributed by atoms with E-state index in [9.17, 15) is 29.3 Å². The lowest BCUT2D eigenvalue weighted by Crippen LogP contribution is -2.48. The van der Waals surface area contributed by atoms with Gasteiger partial charge in [-0.1, -0.05) is 18.6 Å². The molecule has 0 heterocycles. The van der Waals surface area contributed by atoms with Crippen molar-refractivity contribution in [1.29, 1.82) is 0 Å². The number of esters is 2. The summed E-state index contributed by atoms with van der Waals surface area (Å²) in [4.78, 5) is 61.2. The van der Waals surface area contributed by atoms with Crippen molar-refractivity contribution in [3.63, 3.8) is 0 Å². The maximum atomic E-state index is 13.4. The molecule has 1 atom stereocenters. The van der Waals surface area contributed by atoms with Crippen LogP contribution in [0.2, 0.25) is 0 Å². The Morgan fingerprint density at radius 2 is 1.74 bits per heavy atom. The normalized spacial score (nSPS) is 13.1. The van der Waals surface area contributed by atoms with E-state index in [0.717, 1.165) is 13.0 Å². The van der Waals surface area contributed by atoms with E-state index in [4.69, 9.17) is 9.47 Å². The second kappa shape index (κ2) is 10.8. The van der Waals surface area contributed by atoms with Gasteiger partial charge in [-0.2, -0.15) is 0 Å². The molecule has 0 bridgehead atoms. The van der Waals surface area contributed by atoms with Gasteiger partial charge in [0.2, 0.25) is 0 Å². The highest BCUT2D eigenvalue weighted by Gasteiger charge is 2.52. The Hall–Kier alpha value is -3.10. The van der Waals surface area contributed by atoms with Crippen molar-refractivity contribution in [1.82, 2.24) is 0 Å². The van der Waals surface area contributed by atoms with Gasteiger partial charge in [-0.3, -0.25) is 29.3 Å². The highest BCUT2D eigenvalue weighted by molar-refractivity contribution is 6.26. The average molecular weight is 435 g/mol. The molecule has 0 aromatic heterocycles. The van der Waals surface area contributed by atoms with Gasteiger partial charge in [-0.25, -0.2) is 0 Å². The van der Waals surface area contributed by atoms with E-state index in [-0.39, 0.29) is 37.1 Å². The summed E-state index contributed by atoms with van der Waals surface area (Å²) < 4.78 is 10.3. The van der Waals surface area contributed by atoms with Crippen molar-refractivity contribution in [2.75, 3.05) is 6.61 Å². The molecule has 1 aromatic carbocycles.